The van der Waals surface area contributed by atoms with Gasteiger partial charge in [0.2, 0.25) is 0 Å². The van der Waals surface area contributed by atoms with Gasteiger partial charge in [0.1, 0.15) is 35.3 Å². The van der Waals surface area contributed by atoms with Crippen molar-refractivity contribution in [1.29, 1.82) is 0 Å². The van der Waals surface area contributed by atoms with Crippen LogP contribution in [0.5, 0.6) is 0 Å². The van der Waals surface area contributed by atoms with Crippen molar-refractivity contribution in [2.24, 2.45) is 0 Å². The third kappa shape index (κ3) is 2.20. The zero-order valence-corrected chi connectivity index (χ0v) is 12.5. The van der Waals surface area contributed by atoms with Gasteiger partial charge in [0, 0.05) is 12.3 Å². The predicted octanol–water partition coefficient (Wildman–Crippen LogP) is -1.23. The first-order chi connectivity index (χ1) is 10.9. The lowest BCUT2D eigenvalue weighted by atomic mass is 9.93. The Kier molecular flexibility index (Phi) is 3.80. The Morgan fingerprint density at radius 3 is 2.78 bits per heavy atom. The summed E-state index contributed by atoms with van der Waals surface area (Å²) in [6.07, 6.45) is -0.701. The number of ether oxygens (including phenoxy) is 1. The van der Waals surface area contributed by atoms with Gasteiger partial charge in [0.15, 0.2) is 17.3 Å². The number of aliphatic hydroxyl groups is 3. The molecule has 1 saturated heterocycles. The van der Waals surface area contributed by atoms with Gasteiger partial charge in [-0.15, -0.1) is 0 Å². The van der Waals surface area contributed by atoms with E-state index in [1.54, 1.807) is 6.92 Å². The molecule has 1 aliphatic rings. The molecule has 1 aliphatic heterocycles. The molecule has 0 saturated carbocycles. The molecule has 9 nitrogen and oxygen atoms in total. The van der Waals surface area contributed by atoms with Crippen molar-refractivity contribution in [3.05, 3.63) is 28.8 Å². The molecule has 0 aromatic carbocycles. The summed E-state index contributed by atoms with van der Waals surface area (Å²) in [5.41, 5.74) is 4.29. The molecule has 3 heterocycles. The highest BCUT2D eigenvalue weighted by atomic mass is 16.6. The summed E-state index contributed by atoms with van der Waals surface area (Å²) >= 11 is 0. The minimum atomic E-state index is -1.30. The van der Waals surface area contributed by atoms with Gasteiger partial charge in [0.25, 0.3) is 0 Å². The average Bonchev–Trinajstić information content (AvgIpc) is 2.81. The minimum absolute atomic E-state index is 0.0197. The average molecular weight is 322 g/mol. The standard InChI is InChI=1S/C14H18N4O5/c1-2-14(5-19)10(22)9(21)13(23-14)18-4-3-7(20)8-11(15)16-6-17-12(8)18/h3-4,6,9-10,13,19,21-22H,2,5H2,1H3,(H2,15,16,17)/t9-,10+,13-,14-/m1/s1. The zero-order chi connectivity index (χ0) is 16.8. The Balaban J connectivity index is 2.17. The monoisotopic (exact) mass is 322 g/mol. The number of anilines is 1. The fraction of sp³-hybridized carbons (Fsp3) is 0.500. The number of rotatable bonds is 3. The molecule has 124 valence electrons. The summed E-state index contributed by atoms with van der Waals surface area (Å²) < 4.78 is 7.17. The number of hydrogen-bond acceptors (Lipinski definition) is 8. The number of pyridine rings is 1. The van der Waals surface area contributed by atoms with Crippen LogP contribution in [0.1, 0.15) is 19.6 Å². The van der Waals surface area contributed by atoms with Crippen LogP contribution in [0.3, 0.4) is 0 Å². The summed E-state index contributed by atoms with van der Waals surface area (Å²) in [5.74, 6) is 0.0197. The van der Waals surface area contributed by atoms with E-state index in [1.165, 1.54) is 23.2 Å². The maximum Gasteiger partial charge on any atom is 0.194 e. The number of aromatic nitrogens is 3. The first kappa shape index (κ1) is 15.8. The summed E-state index contributed by atoms with van der Waals surface area (Å²) in [7, 11) is 0. The Morgan fingerprint density at radius 2 is 2.17 bits per heavy atom. The van der Waals surface area contributed by atoms with E-state index in [4.69, 9.17) is 10.5 Å². The molecule has 0 radical (unpaired) electrons. The first-order valence-electron chi connectivity index (χ1n) is 7.21. The number of nitrogens with zero attached hydrogens (tertiary/aromatic N) is 3. The number of hydrogen-bond donors (Lipinski definition) is 4. The molecular weight excluding hydrogens is 304 g/mol. The van der Waals surface area contributed by atoms with Crippen molar-refractivity contribution in [3.63, 3.8) is 0 Å². The van der Waals surface area contributed by atoms with Gasteiger partial charge in [-0.3, -0.25) is 4.79 Å². The van der Waals surface area contributed by atoms with E-state index in [-0.39, 0.29) is 22.3 Å². The fourth-order valence-corrected chi connectivity index (χ4v) is 2.93. The summed E-state index contributed by atoms with van der Waals surface area (Å²) in [4.78, 5) is 19.8. The van der Waals surface area contributed by atoms with Crippen LogP contribution in [0.25, 0.3) is 11.0 Å². The van der Waals surface area contributed by atoms with Gasteiger partial charge in [0.05, 0.1) is 6.61 Å². The predicted molar refractivity (Wildman–Crippen MR) is 80.5 cm³/mol. The molecule has 4 atom stereocenters. The van der Waals surface area contributed by atoms with E-state index in [9.17, 15) is 20.1 Å². The molecule has 0 amide bonds. The fourth-order valence-electron chi connectivity index (χ4n) is 2.93. The van der Waals surface area contributed by atoms with E-state index < -0.39 is 30.6 Å². The largest absolute Gasteiger partial charge is 0.393 e. The van der Waals surface area contributed by atoms with Crippen molar-refractivity contribution in [2.75, 3.05) is 12.3 Å². The Bertz CT molecular complexity index is 788. The van der Waals surface area contributed by atoms with Crippen molar-refractivity contribution >= 4 is 16.9 Å². The minimum Gasteiger partial charge on any atom is -0.393 e. The molecule has 0 unspecified atom stereocenters. The Morgan fingerprint density at radius 1 is 1.43 bits per heavy atom. The first-order valence-corrected chi connectivity index (χ1v) is 7.21. The maximum atomic E-state index is 12.0. The van der Waals surface area contributed by atoms with Gasteiger partial charge in [-0.1, -0.05) is 6.92 Å². The van der Waals surface area contributed by atoms with Gasteiger partial charge < -0.3 is 30.4 Å². The number of nitrogen functional groups attached to an aromatic ring is 1. The molecule has 23 heavy (non-hydrogen) atoms. The second kappa shape index (κ2) is 5.53. The van der Waals surface area contributed by atoms with Crippen LogP contribution in [0, 0.1) is 0 Å². The molecule has 3 rings (SSSR count). The summed E-state index contributed by atoms with van der Waals surface area (Å²) in [6.45, 7) is 1.28. The van der Waals surface area contributed by atoms with Crippen molar-refractivity contribution in [1.82, 2.24) is 14.5 Å². The van der Waals surface area contributed by atoms with E-state index in [2.05, 4.69) is 9.97 Å². The molecule has 0 bridgehead atoms. The quantitative estimate of drug-likeness (QED) is 0.549. The lowest BCUT2D eigenvalue weighted by Gasteiger charge is -2.28. The molecule has 9 heteroatoms. The van der Waals surface area contributed by atoms with Crippen LogP contribution >= 0.6 is 0 Å². The lowest BCUT2D eigenvalue weighted by Crippen LogP contribution is -2.45. The highest BCUT2D eigenvalue weighted by Gasteiger charge is 2.53. The second-order valence-corrected chi connectivity index (χ2v) is 5.57. The highest BCUT2D eigenvalue weighted by Crippen LogP contribution is 2.39. The van der Waals surface area contributed by atoms with Crippen LogP contribution < -0.4 is 11.2 Å². The summed E-state index contributed by atoms with van der Waals surface area (Å²) in [5, 5.41) is 30.3. The maximum absolute atomic E-state index is 12.0. The molecule has 5 N–H and O–H groups in total. The van der Waals surface area contributed by atoms with Crippen LogP contribution in [-0.4, -0.2) is 54.3 Å². The van der Waals surface area contributed by atoms with Gasteiger partial charge in [-0.2, -0.15) is 0 Å². The van der Waals surface area contributed by atoms with E-state index in [0.717, 1.165) is 0 Å². The normalized spacial score (nSPS) is 30.9. The van der Waals surface area contributed by atoms with E-state index >= 15 is 0 Å². The Labute approximate surface area is 131 Å². The van der Waals surface area contributed by atoms with Crippen LogP contribution in [-0.2, 0) is 4.74 Å². The van der Waals surface area contributed by atoms with Gasteiger partial charge >= 0.3 is 0 Å². The highest BCUT2D eigenvalue weighted by molar-refractivity contribution is 5.84. The topological polar surface area (TPSA) is 144 Å². The molecular formula is C14H18N4O5. The van der Waals surface area contributed by atoms with Crippen LogP contribution in [0.4, 0.5) is 5.82 Å². The molecule has 0 spiro atoms. The molecule has 2 aromatic rings. The third-order valence-corrected chi connectivity index (χ3v) is 4.38. The molecule has 0 aliphatic carbocycles. The lowest BCUT2D eigenvalue weighted by molar-refractivity contribution is -0.129. The van der Waals surface area contributed by atoms with Crippen LogP contribution in [0.2, 0.25) is 0 Å². The van der Waals surface area contributed by atoms with Gasteiger partial charge in [-0.05, 0) is 6.42 Å². The third-order valence-electron chi connectivity index (χ3n) is 4.38. The van der Waals surface area contributed by atoms with Gasteiger partial charge in [-0.25, -0.2) is 9.97 Å². The molecule has 1 fully saturated rings. The molecule has 2 aromatic heterocycles. The SMILES string of the molecule is CC[C@]1(CO)O[C@@H](n2ccc(=O)c3c(N)ncnc32)[C@H](O)[C@@H]1O. The van der Waals surface area contributed by atoms with E-state index in [1.807, 2.05) is 0 Å². The Hall–Kier alpha value is -2.07. The van der Waals surface area contributed by atoms with E-state index in [0.29, 0.717) is 6.42 Å². The summed E-state index contributed by atoms with van der Waals surface area (Å²) in [6, 6.07) is 1.26. The number of nitrogens with two attached hydrogens (primary N) is 1. The number of fused-ring (bicyclic) bond motifs is 1. The smallest absolute Gasteiger partial charge is 0.194 e. The second-order valence-electron chi connectivity index (χ2n) is 5.57. The zero-order valence-electron chi connectivity index (χ0n) is 12.5. The number of aliphatic hydroxyl groups excluding tert-OH is 3. The van der Waals surface area contributed by atoms with Crippen molar-refractivity contribution < 1.29 is 20.1 Å². The van der Waals surface area contributed by atoms with Crippen LogP contribution in [0.15, 0.2) is 23.4 Å². The van der Waals surface area contributed by atoms with Crippen molar-refractivity contribution in [3.8, 4) is 0 Å². The van der Waals surface area contributed by atoms with Crippen molar-refractivity contribution in [2.45, 2.75) is 37.4 Å².